The molecule has 0 aliphatic rings. The number of rotatable bonds is 5. The van der Waals surface area contributed by atoms with E-state index in [0.717, 1.165) is 11.1 Å². The van der Waals surface area contributed by atoms with Crippen LogP contribution < -0.4 is 0 Å². The van der Waals surface area contributed by atoms with Crippen LogP contribution in [0.4, 0.5) is 0 Å². The van der Waals surface area contributed by atoms with Crippen LogP contribution in [0.1, 0.15) is 47.4 Å². The predicted molar refractivity (Wildman–Crippen MR) is 81.1 cm³/mol. The van der Waals surface area contributed by atoms with Crippen LogP contribution in [0.15, 0.2) is 48.5 Å². The van der Waals surface area contributed by atoms with Crippen LogP contribution in [0.25, 0.3) is 11.1 Å². The molecule has 0 aliphatic carbocycles. The molecule has 0 bridgehead atoms. The molecule has 0 aliphatic heterocycles. The number of carbonyl (C=O) groups excluding carboxylic acids is 2. The zero-order chi connectivity index (χ0) is 14.5. The van der Waals surface area contributed by atoms with Crippen LogP contribution in [0.2, 0.25) is 0 Å². The Kier molecular flexibility index (Phi) is 4.46. The van der Waals surface area contributed by atoms with Gasteiger partial charge in [-0.05, 0) is 11.1 Å². The maximum Gasteiger partial charge on any atom is 0.163 e. The first-order chi connectivity index (χ1) is 9.69. The second kappa shape index (κ2) is 6.29. The van der Waals surface area contributed by atoms with Crippen molar-refractivity contribution >= 4 is 11.6 Å². The highest BCUT2D eigenvalue weighted by Crippen LogP contribution is 2.28. The normalized spacial score (nSPS) is 10.3. The van der Waals surface area contributed by atoms with Crippen molar-refractivity contribution in [1.82, 2.24) is 0 Å². The molecule has 20 heavy (non-hydrogen) atoms. The lowest BCUT2D eigenvalue weighted by Crippen LogP contribution is -2.04. The first kappa shape index (κ1) is 14.2. The van der Waals surface area contributed by atoms with Gasteiger partial charge in [-0.1, -0.05) is 62.4 Å². The average molecular weight is 266 g/mol. The molecule has 2 heteroatoms. The quantitative estimate of drug-likeness (QED) is 0.744. The minimum Gasteiger partial charge on any atom is -0.294 e. The van der Waals surface area contributed by atoms with Gasteiger partial charge in [-0.2, -0.15) is 0 Å². The fourth-order valence-corrected chi connectivity index (χ4v) is 2.30. The Bertz CT molecular complexity index is 584. The molecular weight excluding hydrogens is 248 g/mol. The van der Waals surface area contributed by atoms with E-state index in [2.05, 4.69) is 0 Å². The van der Waals surface area contributed by atoms with Crippen molar-refractivity contribution in [2.75, 3.05) is 0 Å². The molecule has 0 heterocycles. The Labute approximate surface area is 119 Å². The highest BCUT2D eigenvalue weighted by molar-refractivity contribution is 6.07. The van der Waals surface area contributed by atoms with E-state index < -0.39 is 0 Å². The summed E-state index contributed by atoms with van der Waals surface area (Å²) in [5.41, 5.74) is 3.06. The van der Waals surface area contributed by atoms with Gasteiger partial charge in [-0.25, -0.2) is 0 Å². The number of carbonyl (C=O) groups is 2. The van der Waals surface area contributed by atoms with Crippen molar-refractivity contribution in [3.63, 3.8) is 0 Å². The summed E-state index contributed by atoms with van der Waals surface area (Å²) in [6.07, 6.45) is 0.918. The van der Waals surface area contributed by atoms with Gasteiger partial charge in [0.2, 0.25) is 0 Å². The molecule has 0 amide bonds. The third kappa shape index (κ3) is 2.69. The first-order valence-electron chi connectivity index (χ1n) is 6.93. The molecule has 2 aromatic rings. The van der Waals surface area contributed by atoms with Crippen molar-refractivity contribution in [2.45, 2.75) is 26.7 Å². The Hall–Kier alpha value is -2.22. The highest BCUT2D eigenvalue weighted by Gasteiger charge is 2.15. The van der Waals surface area contributed by atoms with Gasteiger partial charge >= 0.3 is 0 Å². The molecule has 2 aromatic carbocycles. The zero-order valence-electron chi connectivity index (χ0n) is 11.8. The van der Waals surface area contributed by atoms with Gasteiger partial charge in [-0.15, -0.1) is 0 Å². The molecule has 0 atom stereocenters. The van der Waals surface area contributed by atoms with Crippen molar-refractivity contribution in [2.24, 2.45) is 0 Å². The number of ketones is 2. The van der Waals surface area contributed by atoms with Gasteiger partial charge in [0, 0.05) is 24.0 Å². The summed E-state index contributed by atoms with van der Waals surface area (Å²) in [5.74, 6) is 0.193. The van der Waals surface area contributed by atoms with Gasteiger partial charge in [-0.3, -0.25) is 9.59 Å². The minimum absolute atomic E-state index is 0.0966. The van der Waals surface area contributed by atoms with Crippen molar-refractivity contribution in [3.8, 4) is 11.1 Å². The third-order valence-electron chi connectivity index (χ3n) is 3.39. The van der Waals surface area contributed by atoms with E-state index in [-0.39, 0.29) is 11.6 Å². The maximum absolute atomic E-state index is 12.1. The Balaban J connectivity index is 2.64. The number of benzene rings is 2. The Morgan fingerprint density at radius 3 is 1.40 bits per heavy atom. The summed E-state index contributed by atoms with van der Waals surface area (Å²) < 4.78 is 0. The Morgan fingerprint density at radius 1 is 0.700 bits per heavy atom. The predicted octanol–water partition coefficient (Wildman–Crippen LogP) is 4.54. The Morgan fingerprint density at radius 2 is 1.05 bits per heavy atom. The molecule has 102 valence electrons. The lowest BCUT2D eigenvalue weighted by Gasteiger charge is -2.12. The molecule has 2 rings (SSSR count). The average Bonchev–Trinajstić information content (AvgIpc) is 2.53. The zero-order valence-corrected chi connectivity index (χ0v) is 11.8. The first-order valence-corrected chi connectivity index (χ1v) is 6.93. The number of hydrogen-bond acceptors (Lipinski definition) is 2. The summed E-state index contributed by atoms with van der Waals surface area (Å²) in [7, 11) is 0. The second-order valence-corrected chi connectivity index (χ2v) is 4.64. The molecule has 0 N–H and O–H groups in total. The summed E-state index contributed by atoms with van der Waals surface area (Å²) in [6.45, 7) is 3.70. The van der Waals surface area contributed by atoms with Crippen LogP contribution in [0.3, 0.4) is 0 Å². The van der Waals surface area contributed by atoms with Crippen LogP contribution >= 0.6 is 0 Å². The summed E-state index contributed by atoms with van der Waals surface area (Å²) in [4.78, 5) is 24.1. The van der Waals surface area contributed by atoms with Gasteiger partial charge in [0.05, 0.1) is 0 Å². The van der Waals surface area contributed by atoms with Crippen LogP contribution in [-0.4, -0.2) is 11.6 Å². The summed E-state index contributed by atoms with van der Waals surface area (Å²) in [6, 6.07) is 15.0. The molecule has 0 spiro atoms. The van der Waals surface area contributed by atoms with E-state index in [1.54, 1.807) is 0 Å². The topological polar surface area (TPSA) is 34.1 Å². The SMILES string of the molecule is CCC(=O)c1ccccc1-c1ccccc1C(=O)CC. The molecule has 0 aromatic heterocycles. The largest absolute Gasteiger partial charge is 0.294 e. The fraction of sp³-hybridized carbons (Fsp3) is 0.222. The summed E-state index contributed by atoms with van der Waals surface area (Å²) >= 11 is 0. The summed E-state index contributed by atoms with van der Waals surface area (Å²) in [5, 5.41) is 0. The van der Waals surface area contributed by atoms with E-state index in [1.165, 1.54) is 0 Å². The van der Waals surface area contributed by atoms with E-state index in [9.17, 15) is 9.59 Å². The second-order valence-electron chi connectivity index (χ2n) is 4.64. The highest BCUT2D eigenvalue weighted by atomic mass is 16.1. The molecule has 0 unspecified atom stereocenters. The van der Waals surface area contributed by atoms with Gasteiger partial charge in [0.25, 0.3) is 0 Å². The number of hydrogen-bond donors (Lipinski definition) is 0. The third-order valence-corrected chi connectivity index (χ3v) is 3.39. The van der Waals surface area contributed by atoms with Crippen LogP contribution in [-0.2, 0) is 0 Å². The van der Waals surface area contributed by atoms with Gasteiger partial charge in [0.1, 0.15) is 0 Å². The molecule has 0 radical (unpaired) electrons. The van der Waals surface area contributed by atoms with Crippen molar-refractivity contribution in [1.29, 1.82) is 0 Å². The van der Waals surface area contributed by atoms with E-state index in [0.29, 0.717) is 24.0 Å². The molecule has 0 saturated carbocycles. The van der Waals surface area contributed by atoms with Gasteiger partial charge in [0.15, 0.2) is 11.6 Å². The molecule has 0 saturated heterocycles. The number of Topliss-reactive ketones (excluding diaryl/α,β-unsaturated/α-hetero) is 2. The van der Waals surface area contributed by atoms with E-state index >= 15 is 0 Å². The molecule has 0 fully saturated rings. The van der Waals surface area contributed by atoms with Gasteiger partial charge < -0.3 is 0 Å². The van der Waals surface area contributed by atoms with Crippen molar-refractivity contribution in [3.05, 3.63) is 59.7 Å². The van der Waals surface area contributed by atoms with E-state index in [4.69, 9.17) is 0 Å². The standard InChI is InChI=1S/C18H18O2/c1-3-17(19)15-11-7-5-9-13(15)14-10-6-8-12-16(14)18(20)4-2/h5-12H,3-4H2,1-2H3. The van der Waals surface area contributed by atoms with Crippen molar-refractivity contribution < 1.29 is 9.59 Å². The smallest absolute Gasteiger partial charge is 0.163 e. The molecule has 2 nitrogen and oxygen atoms in total. The van der Waals surface area contributed by atoms with Crippen LogP contribution in [0.5, 0.6) is 0 Å². The minimum atomic E-state index is 0.0966. The molecular formula is C18H18O2. The van der Waals surface area contributed by atoms with Crippen LogP contribution in [0, 0.1) is 0 Å². The monoisotopic (exact) mass is 266 g/mol. The fourth-order valence-electron chi connectivity index (χ4n) is 2.30. The maximum atomic E-state index is 12.1. The lowest BCUT2D eigenvalue weighted by molar-refractivity contribution is 0.0979. The van der Waals surface area contributed by atoms with E-state index in [1.807, 2.05) is 62.4 Å². The lowest BCUT2D eigenvalue weighted by atomic mass is 9.91.